The number of rotatable bonds is 9. The molecule has 0 aromatic rings. The molecule has 4 nitrogen and oxygen atoms in total. The molecule has 15 heavy (non-hydrogen) atoms. The van der Waals surface area contributed by atoms with E-state index in [0.29, 0.717) is 25.3 Å². The molecule has 3 N–H and O–H groups in total. The Morgan fingerprint density at radius 2 is 2.00 bits per heavy atom. The summed E-state index contributed by atoms with van der Waals surface area (Å²) in [4.78, 5) is 11.2. The number of hydrogen-bond acceptors (Lipinski definition) is 3. The summed E-state index contributed by atoms with van der Waals surface area (Å²) in [6, 6.07) is 0. The molecule has 0 fully saturated rings. The maximum Gasteiger partial charge on any atom is 0.219 e. The number of carbonyl (C=O) groups is 1. The van der Waals surface area contributed by atoms with Crippen LogP contribution in [0.3, 0.4) is 0 Å². The van der Waals surface area contributed by atoms with Gasteiger partial charge in [-0.2, -0.15) is 0 Å². The molecule has 0 aliphatic carbocycles. The van der Waals surface area contributed by atoms with Crippen molar-refractivity contribution >= 4 is 5.91 Å². The van der Waals surface area contributed by atoms with Gasteiger partial charge in [0.25, 0.3) is 0 Å². The molecular formula is C11H23NO3. The van der Waals surface area contributed by atoms with Crippen LogP contribution in [-0.4, -0.2) is 35.9 Å². The smallest absolute Gasteiger partial charge is 0.219 e. The molecule has 0 aliphatic rings. The molecule has 0 radical (unpaired) electrons. The summed E-state index contributed by atoms with van der Waals surface area (Å²) >= 11 is 0. The Labute approximate surface area is 91.7 Å². The first-order chi connectivity index (χ1) is 7.20. The van der Waals surface area contributed by atoms with Gasteiger partial charge in [0.15, 0.2) is 0 Å². The standard InChI is InChI=1S/C11H23NO3/c1-10(9-14)5-4-7-12-11(15)6-2-3-8-13/h10,13-14H,2-9H2,1H3,(H,12,15). The summed E-state index contributed by atoms with van der Waals surface area (Å²) in [5.41, 5.74) is 0. The SMILES string of the molecule is CC(CO)CCCNC(=O)CCCCO. The van der Waals surface area contributed by atoms with Gasteiger partial charge in [0.1, 0.15) is 0 Å². The highest BCUT2D eigenvalue weighted by Crippen LogP contribution is 2.02. The molecule has 0 aliphatic heterocycles. The second-order valence-corrected chi connectivity index (χ2v) is 3.96. The van der Waals surface area contributed by atoms with Crippen molar-refractivity contribution in [1.29, 1.82) is 0 Å². The zero-order chi connectivity index (χ0) is 11.5. The van der Waals surface area contributed by atoms with Crippen LogP contribution in [0.2, 0.25) is 0 Å². The van der Waals surface area contributed by atoms with E-state index >= 15 is 0 Å². The minimum Gasteiger partial charge on any atom is -0.396 e. The Kier molecular flexibility index (Phi) is 9.52. The van der Waals surface area contributed by atoms with Crippen molar-refractivity contribution in [3.05, 3.63) is 0 Å². The molecule has 0 spiro atoms. The van der Waals surface area contributed by atoms with Gasteiger partial charge in [-0.15, -0.1) is 0 Å². The van der Waals surface area contributed by atoms with Crippen molar-refractivity contribution in [1.82, 2.24) is 5.32 Å². The molecule has 90 valence electrons. The largest absolute Gasteiger partial charge is 0.396 e. The number of amides is 1. The zero-order valence-corrected chi connectivity index (χ0v) is 9.54. The summed E-state index contributed by atoms with van der Waals surface area (Å²) in [5, 5.41) is 20.1. The fourth-order valence-electron chi connectivity index (χ4n) is 1.26. The lowest BCUT2D eigenvalue weighted by Gasteiger charge is -2.08. The van der Waals surface area contributed by atoms with Crippen molar-refractivity contribution in [2.45, 2.75) is 39.0 Å². The summed E-state index contributed by atoms with van der Waals surface area (Å²) in [6.45, 7) is 3.04. The van der Waals surface area contributed by atoms with Crippen molar-refractivity contribution in [2.24, 2.45) is 5.92 Å². The van der Waals surface area contributed by atoms with Gasteiger partial charge in [0.05, 0.1) is 0 Å². The van der Waals surface area contributed by atoms with Crippen molar-refractivity contribution in [3.8, 4) is 0 Å². The minimum atomic E-state index is 0.0556. The molecule has 0 aromatic heterocycles. The second-order valence-electron chi connectivity index (χ2n) is 3.96. The van der Waals surface area contributed by atoms with Gasteiger partial charge in [0, 0.05) is 26.2 Å². The van der Waals surface area contributed by atoms with Gasteiger partial charge in [-0.3, -0.25) is 4.79 Å². The first-order valence-electron chi connectivity index (χ1n) is 5.69. The summed E-state index contributed by atoms with van der Waals surface area (Å²) in [6.07, 6.45) is 3.78. The third-order valence-corrected chi connectivity index (χ3v) is 2.32. The van der Waals surface area contributed by atoms with Gasteiger partial charge in [-0.05, 0) is 31.6 Å². The van der Waals surface area contributed by atoms with Gasteiger partial charge in [-0.1, -0.05) is 6.92 Å². The van der Waals surface area contributed by atoms with Gasteiger partial charge in [-0.25, -0.2) is 0 Å². The molecular weight excluding hydrogens is 194 g/mol. The first-order valence-corrected chi connectivity index (χ1v) is 5.69. The normalized spacial score (nSPS) is 12.5. The summed E-state index contributed by atoms with van der Waals surface area (Å²) < 4.78 is 0. The monoisotopic (exact) mass is 217 g/mol. The Bertz CT molecular complexity index is 162. The Morgan fingerprint density at radius 3 is 2.60 bits per heavy atom. The van der Waals surface area contributed by atoms with Crippen molar-refractivity contribution in [3.63, 3.8) is 0 Å². The number of unbranched alkanes of at least 4 members (excludes halogenated alkanes) is 1. The van der Waals surface area contributed by atoms with Crippen LogP contribution in [0.15, 0.2) is 0 Å². The van der Waals surface area contributed by atoms with E-state index in [1.807, 2.05) is 6.92 Å². The molecule has 1 unspecified atom stereocenters. The lowest BCUT2D eigenvalue weighted by atomic mass is 10.1. The maximum absolute atomic E-state index is 11.2. The van der Waals surface area contributed by atoms with Crippen LogP contribution in [-0.2, 0) is 4.79 Å². The molecule has 0 saturated carbocycles. The summed E-state index contributed by atoms with van der Waals surface area (Å²) in [7, 11) is 0. The van der Waals surface area contributed by atoms with E-state index < -0.39 is 0 Å². The first kappa shape index (κ1) is 14.4. The summed E-state index contributed by atoms with van der Waals surface area (Å²) in [5.74, 6) is 0.372. The van der Waals surface area contributed by atoms with Crippen LogP contribution in [0, 0.1) is 5.92 Å². The molecule has 0 saturated heterocycles. The quantitative estimate of drug-likeness (QED) is 0.497. The molecule has 4 heteroatoms. The number of carbonyl (C=O) groups excluding carboxylic acids is 1. The fourth-order valence-corrected chi connectivity index (χ4v) is 1.26. The van der Waals surface area contributed by atoms with E-state index in [2.05, 4.69) is 5.32 Å². The topological polar surface area (TPSA) is 69.6 Å². The Hall–Kier alpha value is -0.610. The van der Waals surface area contributed by atoms with Crippen molar-refractivity contribution in [2.75, 3.05) is 19.8 Å². The highest BCUT2D eigenvalue weighted by Gasteiger charge is 2.02. The third kappa shape index (κ3) is 9.69. The number of aliphatic hydroxyl groups is 2. The van der Waals surface area contributed by atoms with E-state index in [-0.39, 0.29) is 19.1 Å². The molecule has 0 rings (SSSR count). The molecule has 0 heterocycles. The van der Waals surface area contributed by atoms with Gasteiger partial charge >= 0.3 is 0 Å². The van der Waals surface area contributed by atoms with Crippen LogP contribution in [0.1, 0.15) is 39.0 Å². The van der Waals surface area contributed by atoms with E-state index in [0.717, 1.165) is 19.3 Å². The Balaban J connectivity index is 3.23. The number of hydrogen-bond donors (Lipinski definition) is 3. The average molecular weight is 217 g/mol. The van der Waals surface area contributed by atoms with Crippen LogP contribution >= 0.6 is 0 Å². The lowest BCUT2D eigenvalue weighted by molar-refractivity contribution is -0.121. The van der Waals surface area contributed by atoms with Crippen LogP contribution < -0.4 is 5.32 Å². The van der Waals surface area contributed by atoms with Crippen LogP contribution in [0.4, 0.5) is 0 Å². The van der Waals surface area contributed by atoms with Crippen LogP contribution in [0.25, 0.3) is 0 Å². The van der Waals surface area contributed by atoms with Gasteiger partial charge < -0.3 is 15.5 Å². The van der Waals surface area contributed by atoms with E-state index in [1.54, 1.807) is 0 Å². The highest BCUT2D eigenvalue weighted by atomic mass is 16.3. The predicted octanol–water partition coefficient (Wildman–Crippen LogP) is 0.674. The Morgan fingerprint density at radius 1 is 1.27 bits per heavy atom. The van der Waals surface area contributed by atoms with Gasteiger partial charge in [0.2, 0.25) is 5.91 Å². The van der Waals surface area contributed by atoms with Crippen molar-refractivity contribution < 1.29 is 15.0 Å². The molecule has 0 aromatic carbocycles. The fraction of sp³-hybridized carbons (Fsp3) is 0.909. The lowest BCUT2D eigenvalue weighted by Crippen LogP contribution is -2.24. The van der Waals surface area contributed by atoms with E-state index in [9.17, 15) is 4.79 Å². The zero-order valence-electron chi connectivity index (χ0n) is 9.54. The predicted molar refractivity (Wildman–Crippen MR) is 59.4 cm³/mol. The third-order valence-electron chi connectivity index (χ3n) is 2.32. The number of nitrogens with one attached hydrogen (secondary N) is 1. The van der Waals surface area contributed by atoms with E-state index in [1.165, 1.54) is 0 Å². The minimum absolute atomic E-state index is 0.0556. The molecule has 0 bridgehead atoms. The second kappa shape index (κ2) is 9.93. The number of aliphatic hydroxyl groups excluding tert-OH is 2. The van der Waals surface area contributed by atoms with E-state index in [4.69, 9.17) is 10.2 Å². The maximum atomic E-state index is 11.2. The average Bonchev–Trinajstić information content (AvgIpc) is 2.24. The highest BCUT2D eigenvalue weighted by molar-refractivity contribution is 5.75. The molecule has 1 atom stereocenters. The van der Waals surface area contributed by atoms with Crippen LogP contribution in [0.5, 0.6) is 0 Å². The molecule has 1 amide bonds.